The van der Waals surface area contributed by atoms with E-state index in [1.165, 1.54) is 19.2 Å². The summed E-state index contributed by atoms with van der Waals surface area (Å²) in [4.78, 5) is 59.3. The molecule has 56 heavy (non-hydrogen) atoms. The highest BCUT2D eigenvalue weighted by Crippen LogP contribution is 2.32. The van der Waals surface area contributed by atoms with E-state index in [0.29, 0.717) is 24.1 Å². The van der Waals surface area contributed by atoms with Gasteiger partial charge in [0.25, 0.3) is 0 Å². The molecule has 1 aliphatic rings. The number of oxime groups is 1. The van der Waals surface area contributed by atoms with Gasteiger partial charge in [-0.25, -0.2) is 4.39 Å². The van der Waals surface area contributed by atoms with Crippen LogP contribution in [0.5, 0.6) is 0 Å². The second-order valence-electron chi connectivity index (χ2n) is 16.5. The van der Waals surface area contributed by atoms with E-state index in [2.05, 4.69) is 10.5 Å². The van der Waals surface area contributed by atoms with E-state index in [1.807, 2.05) is 41.5 Å². The number of aryl methyl sites for hydroxylation is 1. The first-order valence-corrected chi connectivity index (χ1v) is 20.2. The van der Waals surface area contributed by atoms with Crippen LogP contribution in [0.1, 0.15) is 98.6 Å². The number of nitrogens with zero attached hydrogens (tertiary/aromatic N) is 3. The van der Waals surface area contributed by atoms with Crippen LogP contribution in [0.25, 0.3) is 0 Å². The summed E-state index contributed by atoms with van der Waals surface area (Å²) in [7, 11) is 8.17. The molecule has 1 heterocycles. The highest BCUT2D eigenvalue weighted by atomic mass is 19.1. The van der Waals surface area contributed by atoms with Crippen LogP contribution in [0.4, 0.5) is 4.39 Å². The third kappa shape index (κ3) is 12.1. The third-order valence-corrected chi connectivity index (χ3v) is 12.1. The smallest absolute Gasteiger partial charge is 0.226 e. The van der Waals surface area contributed by atoms with Crippen molar-refractivity contribution >= 4 is 29.1 Å². The minimum Gasteiger partial charge on any atom is -0.411 e. The van der Waals surface area contributed by atoms with Gasteiger partial charge < -0.3 is 34.5 Å². The number of likely N-dealkylation sites (N-methyl/N-ethyl adjacent to an activating group) is 2. The lowest BCUT2D eigenvalue weighted by Gasteiger charge is -2.41. The van der Waals surface area contributed by atoms with Gasteiger partial charge in [0.1, 0.15) is 11.6 Å². The second-order valence-corrected chi connectivity index (χ2v) is 16.5. The van der Waals surface area contributed by atoms with Crippen LogP contribution in [0.2, 0.25) is 0 Å². The molecule has 1 aliphatic heterocycles. The topological polar surface area (TPSA) is 147 Å². The standard InChI is InChI=1S/C43H71FN4O8/c1-15-26(6)41(47(11)43(52)33(24(2)3)21-36(50)39(45-10)25(4)5)37(55-13)22-38(51)48-23-31(54-12)20-34(48)42(56-14)29(9)35(49)19-28(8)40(46-53)32-17-16-30(44)18-27(32)7/h16-18,24-26,28-29,31,33-34,37,39,41-42,45,53H,15,19-23H2,1-14H3/t26-,28-,29-,31+,33-,34?,37+,39-,41-,42+/m0/s1. The molecular formula is C43H71FN4O8. The average molecular weight is 791 g/mol. The number of ether oxygens (including phenoxy) is 3. The lowest BCUT2D eigenvalue weighted by molar-refractivity contribution is -0.149. The zero-order chi connectivity index (χ0) is 42.6. The van der Waals surface area contributed by atoms with Crippen LogP contribution in [0.3, 0.4) is 0 Å². The van der Waals surface area contributed by atoms with Gasteiger partial charge in [-0.2, -0.15) is 0 Å². The molecule has 0 saturated carbocycles. The van der Waals surface area contributed by atoms with Gasteiger partial charge in [-0.3, -0.25) is 19.2 Å². The third-order valence-electron chi connectivity index (χ3n) is 12.1. The number of carbonyl (C=O) groups excluding carboxylic acids is 4. The average Bonchev–Trinajstić information content (AvgIpc) is 3.58. The van der Waals surface area contributed by atoms with Crippen molar-refractivity contribution < 1.29 is 43.0 Å². The van der Waals surface area contributed by atoms with Crippen LogP contribution in [0, 0.1) is 48.2 Å². The van der Waals surface area contributed by atoms with Crippen molar-refractivity contribution in [2.45, 2.75) is 131 Å². The summed E-state index contributed by atoms with van der Waals surface area (Å²) in [6.07, 6.45) is -0.338. The molecule has 0 aromatic heterocycles. The first-order chi connectivity index (χ1) is 26.3. The van der Waals surface area contributed by atoms with E-state index < -0.39 is 47.9 Å². The number of hydrogen-bond acceptors (Lipinski definition) is 10. The molecule has 0 aliphatic carbocycles. The summed E-state index contributed by atoms with van der Waals surface area (Å²) in [5.74, 6) is -2.66. The Morgan fingerprint density at radius 2 is 1.62 bits per heavy atom. The largest absolute Gasteiger partial charge is 0.411 e. The summed E-state index contributed by atoms with van der Waals surface area (Å²) in [5, 5.41) is 16.5. The summed E-state index contributed by atoms with van der Waals surface area (Å²) >= 11 is 0. The lowest BCUT2D eigenvalue weighted by Crippen LogP contribution is -2.54. The van der Waals surface area contributed by atoms with Crippen LogP contribution >= 0.6 is 0 Å². The summed E-state index contributed by atoms with van der Waals surface area (Å²) in [6, 6.07) is 2.87. The first-order valence-electron chi connectivity index (χ1n) is 20.2. The number of methoxy groups -OCH3 is 3. The van der Waals surface area contributed by atoms with Gasteiger partial charge >= 0.3 is 0 Å². The molecule has 0 spiro atoms. The van der Waals surface area contributed by atoms with E-state index in [-0.39, 0.29) is 78.3 Å². The Bertz CT molecular complexity index is 1490. The fraction of sp³-hybridized carbons (Fsp3) is 0.744. The number of ketones is 2. The van der Waals surface area contributed by atoms with Crippen LogP contribution in [-0.4, -0.2) is 123 Å². The lowest BCUT2D eigenvalue weighted by atomic mass is 9.84. The van der Waals surface area contributed by atoms with Gasteiger partial charge in [0.15, 0.2) is 5.78 Å². The fourth-order valence-electron chi connectivity index (χ4n) is 8.49. The number of hydrogen-bond donors (Lipinski definition) is 2. The van der Waals surface area contributed by atoms with E-state index in [4.69, 9.17) is 14.2 Å². The minimum absolute atomic E-state index is 0.00547. The predicted molar refractivity (Wildman–Crippen MR) is 216 cm³/mol. The maximum atomic E-state index is 14.4. The highest BCUT2D eigenvalue weighted by molar-refractivity contribution is 6.04. The Morgan fingerprint density at radius 1 is 0.982 bits per heavy atom. The monoisotopic (exact) mass is 791 g/mol. The number of halogens is 1. The zero-order valence-corrected chi connectivity index (χ0v) is 36.4. The van der Waals surface area contributed by atoms with Crippen molar-refractivity contribution in [3.05, 3.63) is 35.1 Å². The number of carbonyl (C=O) groups is 4. The molecule has 13 heteroatoms. The van der Waals surface area contributed by atoms with Gasteiger partial charge in [0, 0.05) is 71.1 Å². The first kappa shape index (κ1) is 48.9. The van der Waals surface area contributed by atoms with E-state index in [1.54, 1.807) is 65.0 Å². The number of benzene rings is 1. The quantitative estimate of drug-likeness (QED) is 0.0783. The molecule has 1 aromatic rings. The molecule has 1 saturated heterocycles. The molecule has 2 N–H and O–H groups in total. The molecule has 12 nitrogen and oxygen atoms in total. The Morgan fingerprint density at radius 3 is 2.11 bits per heavy atom. The number of Topliss-reactive ketones (excluding diaryl/α,β-unsaturated/α-hetero) is 2. The molecule has 10 atom stereocenters. The number of rotatable bonds is 23. The zero-order valence-electron chi connectivity index (χ0n) is 36.4. The van der Waals surface area contributed by atoms with Crippen LogP contribution in [-0.2, 0) is 33.4 Å². The second kappa shape index (κ2) is 22.6. The maximum Gasteiger partial charge on any atom is 0.226 e. The van der Waals surface area contributed by atoms with Crippen molar-refractivity contribution in [1.29, 1.82) is 0 Å². The van der Waals surface area contributed by atoms with Crippen molar-refractivity contribution in [2.24, 2.45) is 40.7 Å². The normalized spacial score (nSPS) is 20.7. The summed E-state index contributed by atoms with van der Waals surface area (Å²) in [5.41, 5.74) is 1.42. The molecule has 318 valence electrons. The SMILES string of the molecule is CC[C@H](C)[C@@H]([C@@H](CC(=O)N1C[C@H](OC)CC1[C@H](OC)[C@@H](C)C(=O)C[C@H](C)C(=NO)c1ccc(F)cc1C)OC)N(C)C(=O)[C@@H](CC(=O)[C@@H](NC)C(C)C)C(C)C. The van der Waals surface area contributed by atoms with Crippen molar-refractivity contribution in [3.8, 4) is 0 Å². The summed E-state index contributed by atoms with van der Waals surface area (Å²) in [6.45, 7) is 17.5. The molecule has 2 rings (SSSR count). The Balaban J connectivity index is 2.36. The van der Waals surface area contributed by atoms with Crippen molar-refractivity contribution in [2.75, 3.05) is 42.0 Å². The Labute approximate surface area is 335 Å². The molecule has 1 fully saturated rings. The van der Waals surface area contributed by atoms with Crippen molar-refractivity contribution in [1.82, 2.24) is 15.1 Å². The molecule has 0 radical (unpaired) electrons. The van der Waals surface area contributed by atoms with Crippen molar-refractivity contribution in [3.63, 3.8) is 0 Å². The number of likely N-dealkylation sites (tertiary alicyclic amines) is 1. The summed E-state index contributed by atoms with van der Waals surface area (Å²) < 4.78 is 31.6. The van der Waals surface area contributed by atoms with Crippen LogP contribution in [0.15, 0.2) is 23.4 Å². The Kier molecular flexibility index (Phi) is 19.7. The molecular weight excluding hydrogens is 719 g/mol. The predicted octanol–water partition coefficient (Wildman–Crippen LogP) is 5.93. The Hall–Kier alpha value is -3.26. The van der Waals surface area contributed by atoms with E-state index >= 15 is 0 Å². The van der Waals surface area contributed by atoms with Crippen LogP contribution < -0.4 is 5.32 Å². The molecule has 0 bridgehead atoms. The van der Waals surface area contributed by atoms with E-state index in [9.17, 15) is 28.8 Å². The van der Waals surface area contributed by atoms with Gasteiger partial charge in [-0.15, -0.1) is 0 Å². The molecule has 2 amide bonds. The minimum atomic E-state index is -0.673. The van der Waals surface area contributed by atoms with Gasteiger partial charge in [-0.05, 0) is 61.9 Å². The maximum absolute atomic E-state index is 14.4. The molecule has 1 unspecified atom stereocenters. The number of nitrogens with one attached hydrogen (secondary N) is 1. The van der Waals surface area contributed by atoms with Gasteiger partial charge in [0.2, 0.25) is 11.8 Å². The van der Waals surface area contributed by atoms with Gasteiger partial charge in [0.05, 0.1) is 48.6 Å². The highest BCUT2D eigenvalue weighted by Gasteiger charge is 2.45. The van der Waals surface area contributed by atoms with E-state index in [0.717, 1.165) is 6.42 Å². The number of amides is 2. The molecule has 1 aromatic carbocycles. The fourth-order valence-corrected chi connectivity index (χ4v) is 8.49. The van der Waals surface area contributed by atoms with Gasteiger partial charge in [-0.1, -0.05) is 67.0 Å².